The van der Waals surface area contributed by atoms with Crippen molar-refractivity contribution in [3.05, 3.63) is 64.4 Å². The first-order valence-electron chi connectivity index (χ1n) is 5.39. The Hall–Kier alpha value is -1.48. The van der Waals surface area contributed by atoms with Crippen molar-refractivity contribution >= 4 is 21.7 Å². The minimum Gasteiger partial charge on any atom is -0.299 e. The monoisotopic (exact) mass is 289 g/mol. The first-order valence-corrected chi connectivity index (χ1v) is 6.18. The van der Waals surface area contributed by atoms with E-state index in [0.717, 1.165) is 15.6 Å². The highest BCUT2D eigenvalue weighted by atomic mass is 79.9. The van der Waals surface area contributed by atoms with Gasteiger partial charge < -0.3 is 0 Å². The Morgan fingerprint density at radius 2 is 1.76 bits per heavy atom. The van der Waals surface area contributed by atoms with Crippen LogP contribution in [0.1, 0.15) is 11.1 Å². The number of halogens is 1. The summed E-state index contributed by atoms with van der Waals surface area (Å²) in [4.78, 5) is 15.8. The molecule has 86 valence electrons. The van der Waals surface area contributed by atoms with Crippen LogP contribution >= 0.6 is 15.9 Å². The molecule has 0 N–H and O–H groups in total. The van der Waals surface area contributed by atoms with E-state index in [1.807, 2.05) is 36.4 Å². The van der Waals surface area contributed by atoms with Crippen molar-refractivity contribution in [2.45, 2.75) is 12.8 Å². The van der Waals surface area contributed by atoms with E-state index in [2.05, 4.69) is 20.9 Å². The molecule has 0 radical (unpaired) electrons. The summed E-state index contributed by atoms with van der Waals surface area (Å²) in [6.07, 6.45) is 4.36. The number of ketones is 1. The van der Waals surface area contributed by atoms with Gasteiger partial charge in [-0.25, -0.2) is 0 Å². The Morgan fingerprint density at radius 1 is 1.06 bits per heavy atom. The highest BCUT2D eigenvalue weighted by Gasteiger charge is 2.05. The van der Waals surface area contributed by atoms with Crippen LogP contribution in [-0.4, -0.2) is 10.8 Å². The lowest BCUT2D eigenvalue weighted by molar-refractivity contribution is -0.117. The van der Waals surface area contributed by atoms with Gasteiger partial charge in [0.1, 0.15) is 5.78 Å². The molecule has 1 aromatic heterocycles. The molecule has 1 heterocycles. The van der Waals surface area contributed by atoms with Crippen molar-refractivity contribution < 1.29 is 4.79 Å². The predicted molar refractivity (Wildman–Crippen MR) is 70.8 cm³/mol. The zero-order valence-corrected chi connectivity index (χ0v) is 10.9. The van der Waals surface area contributed by atoms with Gasteiger partial charge in [-0.1, -0.05) is 28.1 Å². The number of aromatic nitrogens is 1. The van der Waals surface area contributed by atoms with Crippen molar-refractivity contribution in [3.63, 3.8) is 0 Å². The van der Waals surface area contributed by atoms with E-state index in [1.54, 1.807) is 12.4 Å². The summed E-state index contributed by atoms with van der Waals surface area (Å²) in [7, 11) is 0. The Bertz CT molecular complexity index is 511. The summed E-state index contributed by atoms with van der Waals surface area (Å²) in [5, 5.41) is 0. The average Bonchev–Trinajstić information content (AvgIpc) is 2.30. The summed E-state index contributed by atoms with van der Waals surface area (Å²) >= 11 is 3.40. The molecule has 3 heteroatoms. The molecule has 1 aromatic carbocycles. The smallest absolute Gasteiger partial charge is 0.141 e. The van der Waals surface area contributed by atoms with E-state index < -0.39 is 0 Å². The van der Waals surface area contributed by atoms with Gasteiger partial charge in [-0.2, -0.15) is 0 Å². The number of hydrogen-bond donors (Lipinski definition) is 0. The van der Waals surface area contributed by atoms with Gasteiger partial charge >= 0.3 is 0 Å². The molecule has 17 heavy (non-hydrogen) atoms. The molecular weight excluding hydrogens is 278 g/mol. The van der Waals surface area contributed by atoms with Crippen LogP contribution in [0.4, 0.5) is 0 Å². The first kappa shape index (κ1) is 12.0. The molecule has 2 aromatic rings. The summed E-state index contributed by atoms with van der Waals surface area (Å²) in [6, 6.07) is 11.6. The maximum atomic E-state index is 11.9. The zero-order valence-electron chi connectivity index (χ0n) is 9.27. The minimum absolute atomic E-state index is 0.217. The molecule has 0 saturated heterocycles. The summed E-state index contributed by atoms with van der Waals surface area (Å²) in [5.41, 5.74) is 2.05. The molecule has 0 unspecified atom stereocenters. The number of rotatable bonds is 4. The first-order chi connectivity index (χ1) is 8.24. The number of nitrogens with zero attached hydrogens (tertiary/aromatic N) is 1. The predicted octanol–water partition coefficient (Wildman–Crippen LogP) is 3.20. The van der Waals surface area contributed by atoms with Crippen LogP contribution in [0.15, 0.2) is 53.3 Å². The number of Topliss-reactive ketones (excluding diaryl/α,β-unsaturated/α-hetero) is 1. The maximum Gasteiger partial charge on any atom is 0.141 e. The molecule has 0 atom stereocenters. The van der Waals surface area contributed by atoms with E-state index in [-0.39, 0.29) is 5.78 Å². The molecular formula is C14H12BrNO. The van der Waals surface area contributed by atoms with Crippen LogP contribution in [0.5, 0.6) is 0 Å². The van der Waals surface area contributed by atoms with Gasteiger partial charge in [0.2, 0.25) is 0 Å². The third kappa shape index (κ3) is 3.79. The van der Waals surface area contributed by atoms with Crippen molar-refractivity contribution in [3.8, 4) is 0 Å². The maximum absolute atomic E-state index is 11.9. The molecule has 0 aliphatic heterocycles. The number of pyridine rings is 1. The fraction of sp³-hybridized carbons (Fsp3) is 0.143. The highest BCUT2D eigenvalue weighted by Crippen LogP contribution is 2.13. The van der Waals surface area contributed by atoms with Crippen LogP contribution in [0, 0.1) is 0 Å². The second kappa shape index (κ2) is 5.73. The minimum atomic E-state index is 0.217. The average molecular weight is 290 g/mol. The molecule has 2 rings (SSSR count). The van der Waals surface area contributed by atoms with Gasteiger partial charge in [-0.05, 0) is 35.4 Å². The Morgan fingerprint density at radius 3 is 2.47 bits per heavy atom. The van der Waals surface area contributed by atoms with E-state index in [4.69, 9.17) is 0 Å². The second-order valence-corrected chi connectivity index (χ2v) is 4.79. The third-order valence-electron chi connectivity index (χ3n) is 2.44. The lowest BCUT2D eigenvalue weighted by atomic mass is 10.0. The van der Waals surface area contributed by atoms with Gasteiger partial charge in [-0.3, -0.25) is 9.78 Å². The van der Waals surface area contributed by atoms with E-state index in [1.165, 1.54) is 0 Å². The molecule has 0 aliphatic carbocycles. The van der Waals surface area contributed by atoms with E-state index in [0.29, 0.717) is 12.8 Å². The molecule has 0 fully saturated rings. The Kier molecular flexibility index (Phi) is 4.04. The lowest BCUT2D eigenvalue weighted by Crippen LogP contribution is -2.06. The SMILES string of the molecule is O=C(Cc1ccncc1)Cc1cccc(Br)c1. The molecule has 2 nitrogen and oxygen atoms in total. The standard InChI is InChI=1S/C14H12BrNO/c15-13-3-1-2-12(8-13)10-14(17)9-11-4-6-16-7-5-11/h1-8H,9-10H2. The fourth-order valence-corrected chi connectivity index (χ4v) is 2.11. The van der Waals surface area contributed by atoms with Crippen molar-refractivity contribution in [1.82, 2.24) is 4.98 Å². The normalized spacial score (nSPS) is 10.2. The van der Waals surface area contributed by atoms with Crippen LogP contribution in [-0.2, 0) is 17.6 Å². The van der Waals surface area contributed by atoms with Crippen LogP contribution in [0.2, 0.25) is 0 Å². The Balaban J connectivity index is 1.98. The van der Waals surface area contributed by atoms with Crippen LogP contribution in [0.3, 0.4) is 0 Å². The molecule has 0 bridgehead atoms. The summed E-state index contributed by atoms with van der Waals surface area (Å²) in [6.45, 7) is 0. The van der Waals surface area contributed by atoms with Gasteiger partial charge in [0.05, 0.1) is 0 Å². The quantitative estimate of drug-likeness (QED) is 0.865. The summed E-state index contributed by atoms with van der Waals surface area (Å²) in [5.74, 6) is 0.217. The molecule has 0 saturated carbocycles. The van der Waals surface area contributed by atoms with Crippen LogP contribution in [0.25, 0.3) is 0 Å². The topological polar surface area (TPSA) is 30.0 Å². The van der Waals surface area contributed by atoms with Gasteiger partial charge in [0.15, 0.2) is 0 Å². The number of carbonyl (C=O) groups is 1. The number of benzene rings is 1. The molecule has 0 aliphatic rings. The number of hydrogen-bond acceptors (Lipinski definition) is 2. The Labute approximate surface area is 109 Å². The summed E-state index contributed by atoms with van der Waals surface area (Å²) < 4.78 is 1.01. The van der Waals surface area contributed by atoms with Gasteiger partial charge in [0.25, 0.3) is 0 Å². The van der Waals surface area contributed by atoms with Crippen molar-refractivity contribution in [1.29, 1.82) is 0 Å². The number of carbonyl (C=O) groups excluding carboxylic acids is 1. The highest BCUT2D eigenvalue weighted by molar-refractivity contribution is 9.10. The van der Waals surface area contributed by atoms with Crippen molar-refractivity contribution in [2.75, 3.05) is 0 Å². The largest absolute Gasteiger partial charge is 0.299 e. The fourth-order valence-electron chi connectivity index (χ4n) is 1.67. The van der Waals surface area contributed by atoms with Crippen molar-refractivity contribution in [2.24, 2.45) is 0 Å². The lowest BCUT2D eigenvalue weighted by Gasteiger charge is -2.02. The molecule has 0 spiro atoms. The molecule has 0 amide bonds. The van der Waals surface area contributed by atoms with Crippen LogP contribution < -0.4 is 0 Å². The van der Waals surface area contributed by atoms with E-state index >= 15 is 0 Å². The third-order valence-corrected chi connectivity index (χ3v) is 2.93. The van der Waals surface area contributed by atoms with Gasteiger partial charge in [0, 0.05) is 29.7 Å². The second-order valence-electron chi connectivity index (χ2n) is 3.88. The van der Waals surface area contributed by atoms with Gasteiger partial charge in [-0.15, -0.1) is 0 Å². The zero-order chi connectivity index (χ0) is 12.1. The van der Waals surface area contributed by atoms with E-state index in [9.17, 15) is 4.79 Å².